The molecular formula is C12H12ClO2P. The Hall–Kier alpha value is -0.920. The molecule has 4 heteroatoms. The highest BCUT2D eigenvalue weighted by atomic mass is 35.7. The van der Waals surface area contributed by atoms with Crippen LogP contribution in [0.1, 0.15) is 0 Å². The van der Waals surface area contributed by atoms with Gasteiger partial charge in [-0.15, -0.1) is 0 Å². The fraction of sp³-hybridized carbons (Fsp3) is 0. The van der Waals surface area contributed by atoms with Crippen molar-refractivity contribution in [2.45, 2.75) is 0 Å². The van der Waals surface area contributed by atoms with E-state index in [9.17, 15) is 0 Å². The molecule has 2 rings (SSSR count). The van der Waals surface area contributed by atoms with Crippen LogP contribution in [-0.2, 0) is 0 Å². The highest BCUT2D eigenvalue weighted by molar-refractivity contribution is 7.74. The van der Waals surface area contributed by atoms with E-state index in [0.29, 0.717) is 0 Å². The summed E-state index contributed by atoms with van der Waals surface area (Å²) in [6.07, 6.45) is 0. The minimum absolute atomic E-state index is 1.28. The second-order valence-corrected chi connectivity index (χ2v) is 4.36. The normalized spacial score (nSPS) is 9.50. The van der Waals surface area contributed by atoms with Crippen LogP contribution in [-0.4, -0.2) is 9.79 Å². The quantitative estimate of drug-likeness (QED) is 0.760. The van der Waals surface area contributed by atoms with Gasteiger partial charge in [0.1, 0.15) is 0 Å². The third-order valence-electron chi connectivity index (χ3n) is 1.88. The van der Waals surface area contributed by atoms with Crippen LogP contribution in [0.15, 0.2) is 60.7 Å². The summed E-state index contributed by atoms with van der Waals surface area (Å²) in [4.78, 5) is 14.9. The minimum atomic E-state index is -2.15. The predicted octanol–water partition coefficient (Wildman–Crippen LogP) is 3.79. The largest absolute Gasteiger partial charge is 0.338 e. The van der Waals surface area contributed by atoms with Crippen LogP contribution in [0, 0.1) is 0 Å². The summed E-state index contributed by atoms with van der Waals surface area (Å²) >= 11 is 4.45. The molecule has 0 radical (unpaired) electrons. The first-order chi connectivity index (χ1) is 7.70. The zero-order valence-electron chi connectivity index (χ0n) is 8.49. The van der Waals surface area contributed by atoms with Gasteiger partial charge in [-0.1, -0.05) is 60.7 Å². The van der Waals surface area contributed by atoms with Crippen molar-refractivity contribution in [2.75, 3.05) is 0 Å². The topological polar surface area (TPSA) is 40.5 Å². The molecule has 0 saturated heterocycles. The highest BCUT2D eigenvalue weighted by Crippen LogP contribution is 2.27. The van der Waals surface area contributed by atoms with Gasteiger partial charge >= 0.3 is 0 Å². The van der Waals surface area contributed by atoms with Crippen LogP contribution in [0.25, 0.3) is 11.1 Å². The smallest absolute Gasteiger partial charge is 0.271 e. The first-order valence-corrected chi connectivity index (χ1v) is 6.79. The predicted molar refractivity (Wildman–Crippen MR) is 69.1 cm³/mol. The molecule has 0 saturated carbocycles. The third-order valence-corrected chi connectivity index (χ3v) is 1.88. The van der Waals surface area contributed by atoms with E-state index < -0.39 is 7.73 Å². The van der Waals surface area contributed by atoms with Crippen molar-refractivity contribution in [3.05, 3.63) is 60.7 Å². The molecule has 16 heavy (non-hydrogen) atoms. The molecule has 0 aliphatic heterocycles. The van der Waals surface area contributed by atoms with Gasteiger partial charge in [-0.05, 0) is 22.4 Å². The molecule has 0 atom stereocenters. The molecule has 2 N–H and O–H groups in total. The third kappa shape index (κ3) is 5.24. The summed E-state index contributed by atoms with van der Waals surface area (Å²) in [7, 11) is -2.15. The van der Waals surface area contributed by atoms with Crippen LogP contribution in [0.3, 0.4) is 0 Å². The molecule has 2 aromatic rings. The van der Waals surface area contributed by atoms with E-state index in [1.165, 1.54) is 11.1 Å². The Morgan fingerprint density at radius 2 is 0.938 bits per heavy atom. The lowest BCUT2D eigenvalue weighted by molar-refractivity contribution is 0.504. The van der Waals surface area contributed by atoms with Crippen molar-refractivity contribution < 1.29 is 9.79 Å². The van der Waals surface area contributed by atoms with Crippen molar-refractivity contribution in [2.24, 2.45) is 0 Å². The number of hydrogen-bond acceptors (Lipinski definition) is 2. The van der Waals surface area contributed by atoms with E-state index >= 15 is 0 Å². The fourth-order valence-corrected chi connectivity index (χ4v) is 1.26. The summed E-state index contributed by atoms with van der Waals surface area (Å²) < 4.78 is 0. The molecule has 0 heterocycles. The van der Waals surface area contributed by atoms with Crippen molar-refractivity contribution in [3.63, 3.8) is 0 Å². The molecule has 0 unspecified atom stereocenters. The summed E-state index contributed by atoms with van der Waals surface area (Å²) in [5, 5.41) is 0. The molecule has 0 aromatic heterocycles. The van der Waals surface area contributed by atoms with Crippen LogP contribution >= 0.6 is 19.0 Å². The Labute approximate surface area is 101 Å². The van der Waals surface area contributed by atoms with Crippen molar-refractivity contribution >= 4 is 19.0 Å². The first-order valence-electron chi connectivity index (χ1n) is 4.64. The maximum Gasteiger partial charge on any atom is 0.271 e. The fourth-order valence-electron chi connectivity index (χ4n) is 1.26. The van der Waals surface area contributed by atoms with Crippen molar-refractivity contribution in [1.29, 1.82) is 0 Å². The Kier molecular flexibility index (Phi) is 6.05. The van der Waals surface area contributed by atoms with Gasteiger partial charge in [0, 0.05) is 0 Å². The standard InChI is InChI=1S/C12H10.ClH2O2P/c1-3-7-11(8-4-1)12-9-5-2-6-10-12;1-4(2)3/h1-10H;2-3H. The van der Waals surface area contributed by atoms with Gasteiger partial charge in [-0.2, -0.15) is 0 Å². The summed E-state index contributed by atoms with van der Waals surface area (Å²) in [5.74, 6) is 0. The molecule has 0 aliphatic rings. The molecular weight excluding hydrogens is 243 g/mol. The maximum atomic E-state index is 7.44. The second-order valence-electron chi connectivity index (χ2n) is 2.97. The zero-order chi connectivity index (χ0) is 11.8. The van der Waals surface area contributed by atoms with Crippen LogP contribution < -0.4 is 0 Å². The van der Waals surface area contributed by atoms with Gasteiger partial charge in [0.15, 0.2) is 0 Å². The van der Waals surface area contributed by atoms with E-state index in [1.54, 1.807) is 0 Å². The number of rotatable bonds is 1. The van der Waals surface area contributed by atoms with E-state index in [0.717, 1.165) is 0 Å². The van der Waals surface area contributed by atoms with E-state index in [-0.39, 0.29) is 0 Å². The van der Waals surface area contributed by atoms with Gasteiger partial charge in [0.25, 0.3) is 7.73 Å². The minimum Gasteiger partial charge on any atom is -0.338 e. The lowest BCUT2D eigenvalue weighted by Crippen LogP contribution is -1.73. The number of halogens is 1. The Balaban J connectivity index is 0.000000280. The molecule has 0 spiro atoms. The van der Waals surface area contributed by atoms with Gasteiger partial charge in [-0.3, -0.25) is 0 Å². The zero-order valence-corrected chi connectivity index (χ0v) is 10.1. The molecule has 0 aliphatic carbocycles. The van der Waals surface area contributed by atoms with Crippen molar-refractivity contribution in [1.82, 2.24) is 0 Å². The Morgan fingerprint density at radius 3 is 1.19 bits per heavy atom. The van der Waals surface area contributed by atoms with E-state index in [2.05, 4.69) is 59.8 Å². The van der Waals surface area contributed by atoms with Gasteiger partial charge in [0.2, 0.25) is 0 Å². The van der Waals surface area contributed by atoms with Gasteiger partial charge < -0.3 is 9.79 Å². The number of benzene rings is 2. The average Bonchev–Trinajstić information content (AvgIpc) is 2.31. The summed E-state index contributed by atoms with van der Waals surface area (Å²) in [5.41, 5.74) is 2.55. The highest BCUT2D eigenvalue weighted by Gasteiger charge is 1.91. The molecule has 0 amide bonds. The number of hydrogen-bond donors (Lipinski definition) is 2. The van der Waals surface area contributed by atoms with E-state index in [4.69, 9.17) is 9.79 Å². The maximum absolute atomic E-state index is 7.44. The Morgan fingerprint density at radius 1 is 0.688 bits per heavy atom. The van der Waals surface area contributed by atoms with Gasteiger partial charge in [-0.25, -0.2) is 0 Å². The Bertz CT molecular complexity index is 352. The van der Waals surface area contributed by atoms with E-state index in [1.807, 2.05) is 12.1 Å². The monoisotopic (exact) mass is 254 g/mol. The lowest BCUT2D eigenvalue weighted by Gasteiger charge is -1.98. The second kappa shape index (κ2) is 7.37. The lowest BCUT2D eigenvalue weighted by atomic mass is 10.1. The molecule has 2 nitrogen and oxygen atoms in total. The molecule has 0 bridgehead atoms. The molecule has 84 valence electrons. The molecule has 2 aromatic carbocycles. The SMILES string of the molecule is OP(O)Cl.c1ccc(-c2ccccc2)cc1. The van der Waals surface area contributed by atoms with Crippen LogP contribution in [0.5, 0.6) is 0 Å². The first kappa shape index (κ1) is 13.1. The molecule has 0 fully saturated rings. The van der Waals surface area contributed by atoms with Crippen LogP contribution in [0.4, 0.5) is 0 Å². The van der Waals surface area contributed by atoms with Gasteiger partial charge in [0.05, 0.1) is 0 Å². The summed E-state index contributed by atoms with van der Waals surface area (Å²) in [6.45, 7) is 0. The summed E-state index contributed by atoms with van der Waals surface area (Å²) in [6, 6.07) is 20.8. The average molecular weight is 255 g/mol. The van der Waals surface area contributed by atoms with Crippen LogP contribution in [0.2, 0.25) is 0 Å². The van der Waals surface area contributed by atoms with Crippen molar-refractivity contribution in [3.8, 4) is 11.1 Å².